The van der Waals surface area contributed by atoms with Crippen LogP contribution in [0.3, 0.4) is 0 Å². The molecule has 33 heavy (non-hydrogen) atoms. The van der Waals surface area contributed by atoms with Crippen molar-refractivity contribution in [3.05, 3.63) is 53.1 Å². The smallest absolute Gasteiger partial charge is 0.273 e. The number of carbonyl (C=O) groups excluding carboxylic acids is 1. The molecule has 2 aliphatic rings. The molecule has 8 nitrogen and oxygen atoms in total. The number of fused-ring (bicyclic) bond motifs is 1. The van der Waals surface area contributed by atoms with Crippen molar-refractivity contribution in [3.8, 4) is 6.07 Å². The summed E-state index contributed by atoms with van der Waals surface area (Å²) >= 11 is 0. The number of carbonyl (C=O) groups is 1. The van der Waals surface area contributed by atoms with Crippen LogP contribution in [0.4, 0.5) is 5.82 Å². The fraction of sp³-hybridized carbons (Fsp3) is 0.480. The number of nitrogens with zero attached hydrogens (tertiary/aromatic N) is 7. The molecule has 0 bridgehead atoms. The van der Waals surface area contributed by atoms with E-state index in [9.17, 15) is 10.1 Å². The fourth-order valence-electron chi connectivity index (χ4n) is 5.10. The number of amides is 1. The Morgan fingerprint density at radius 1 is 1.18 bits per heavy atom. The number of rotatable bonds is 3. The minimum Gasteiger partial charge on any atom is -0.355 e. The largest absolute Gasteiger partial charge is 0.355 e. The van der Waals surface area contributed by atoms with E-state index in [1.54, 1.807) is 6.07 Å². The van der Waals surface area contributed by atoms with Gasteiger partial charge >= 0.3 is 0 Å². The lowest BCUT2D eigenvalue weighted by molar-refractivity contribution is 0.0599. The second-order valence-electron chi connectivity index (χ2n) is 9.41. The van der Waals surface area contributed by atoms with Crippen LogP contribution in [0.2, 0.25) is 0 Å². The van der Waals surface area contributed by atoms with Crippen LogP contribution in [0.25, 0.3) is 5.65 Å². The number of aromatic nitrogens is 4. The number of hydrogen-bond donors (Lipinski definition) is 0. The summed E-state index contributed by atoms with van der Waals surface area (Å²) in [7, 11) is 0. The first-order valence-corrected chi connectivity index (χ1v) is 11.7. The lowest BCUT2D eigenvalue weighted by Crippen LogP contribution is -2.39. The lowest BCUT2D eigenvalue weighted by atomic mass is 9.99. The number of likely N-dealkylation sites (tertiary alicyclic amines) is 1. The Morgan fingerprint density at radius 2 is 2.03 bits per heavy atom. The molecule has 8 heteroatoms. The summed E-state index contributed by atoms with van der Waals surface area (Å²) in [4.78, 5) is 26.8. The maximum Gasteiger partial charge on any atom is 0.273 e. The first-order valence-electron chi connectivity index (χ1n) is 11.7. The number of piperidine rings is 1. The normalized spacial score (nSPS) is 23.2. The highest BCUT2D eigenvalue weighted by Crippen LogP contribution is 2.33. The number of hydrogen-bond acceptors (Lipinski definition) is 6. The summed E-state index contributed by atoms with van der Waals surface area (Å²) in [6, 6.07) is 9.90. The van der Waals surface area contributed by atoms with Crippen molar-refractivity contribution < 1.29 is 4.79 Å². The van der Waals surface area contributed by atoms with Crippen molar-refractivity contribution in [2.24, 2.45) is 11.8 Å². The van der Waals surface area contributed by atoms with Crippen LogP contribution in [-0.2, 0) is 0 Å². The molecule has 3 atom stereocenters. The highest BCUT2D eigenvalue weighted by Gasteiger charge is 2.33. The van der Waals surface area contributed by atoms with Crippen molar-refractivity contribution in [1.82, 2.24) is 24.5 Å². The van der Waals surface area contributed by atoms with Gasteiger partial charge < -0.3 is 9.80 Å². The Labute approximate surface area is 193 Å². The van der Waals surface area contributed by atoms with Crippen LogP contribution in [0.1, 0.15) is 59.7 Å². The maximum absolute atomic E-state index is 13.3. The quantitative estimate of drug-likeness (QED) is 0.613. The van der Waals surface area contributed by atoms with Gasteiger partial charge in [-0.15, -0.1) is 0 Å². The molecule has 0 aromatic carbocycles. The molecule has 0 saturated carbocycles. The average molecular weight is 444 g/mol. The van der Waals surface area contributed by atoms with Crippen LogP contribution in [0, 0.1) is 37.0 Å². The van der Waals surface area contributed by atoms with Gasteiger partial charge in [0.15, 0.2) is 5.65 Å². The lowest BCUT2D eigenvalue weighted by Gasteiger charge is -2.34. The first kappa shape index (κ1) is 21.4. The van der Waals surface area contributed by atoms with E-state index in [0.717, 1.165) is 54.2 Å². The van der Waals surface area contributed by atoms with Gasteiger partial charge in [0.05, 0.1) is 23.7 Å². The predicted octanol–water partition coefficient (Wildman–Crippen LogP) is 3.70. The summed E-state index contributed by atoms with van der Waals surface area (Å²) in [5.41, 5.74) is 3.99. The second kappa shape index (κ2) is 8.47. The van der Waals surface area contributed by atoms with E-state index in [0.29, 0.717) is 24.7 Å². The Hall–Kier alpha value is -3.47. The summed E-state index contributed by atoms with van der Waals surface area (Å²) in [5.74, 6) is 1.22. The number of anilines is 1. The van der Waals surface area contributed by atoms with E-state index >= 15 is 0 Å². The first-order chi connectivity index (χ1) is 15.9. The zero-order valence-corrected chi connectivity index (χ0v) is 19.4. The van der Waals surface area contributed by atoms with E-state index in [-0.39, 0.29) is 17.9 Å². The van der Waals surface area contributed by atoms with Gasteiger partial charge in [-0.2, -0.15) is 10.4 Å². The van der Waals surface area contributed by atoms with E-state index in [4.69, 9.17) is 10.1 Å². The molecule has 0 N–H and O–H groups in total. The van der Waals surface area contributed by atoms with Crippen LogP contribution >= 0.6 is 0 Å². The Kier molecular flexibility index (Phi) is 5.49. The molecule has 3 aromatic heterocycles. The Balaban J connectivity index is 1.46. The van der Waals surface area contributed by atoms with Crippen LogP contribution in [0.5, 0.6) is 0 Å². The third-order valence-corrected chi connectivity index (χ3v) is 6.91. The zero-order valence-electron chi connectivity index (χ0n) is 19.4. The Bertz CT molecular complexity index is 1240. The minimum absolute atomic E-state index is 0.0277. The van der Waals surface area contributed by atoms with Crippen molar-refractivity contribution >= 4 is 17.4 Å². The van der Waals surface area contributed by atoms with E-state index < -0.39 is 0 Å². The van der Waals surface area contributed by atoms with Crippen molar-refractivity contribution in [1.29, 1.82) is 5.26 Å². The van der Waals surface area contributed by atoms with Gasteiger partial charge in [0.2, 0.25) is 0 Å². The summed E-state index contributed by atoms with van der Waals surface area (Å²) in [6.07, 6.45) is 4.92. The molecule has 5 rings (SSSR count). The molecule has 0 radical (unpaired) electrons. The van der Waals surface area contributed by atoms with Gasteiger partial charge in [0, 0.05) is 43.2 Å². The molecule has 2 saturated heterocycles. The van der Waals surface area contributed by atoms with E-state index in [2.05, 4.69) is 22.9 Å². The van der Waals surface area contributed by atoms with Crippen molar-refractivity contribution in [2.45, 2.75) is 46.1 Å². The maximum atomic E-state index is 13.3. The minimum atomic E-state index is -0.0891. The van der Waals surface area contributed by atoms with Crippen molar-refractivity contribution in [3.63, 3.8) is 0 Å². The summed E-state index contributed by atoms with van der Waals surface area (Å²) in [5, 5.41) is 14.2. The standard InChI is InChI=1S/C25H29N7O/c1-16-13-30(15-19(16)12-26)24-17(2)14-32-23(28-24)11-21(29-32)22-9-4-5-10-31(22)25(33)20-8-6-7-18(3)27-20/h6-8,11,14,16,19,22H,4-5,9-10,13,15H2,1-3H3/t16-,19+,22-/m0/s1. The molecule has 2 aliphatic heterocycles. The highest BCUT2D eigenvalue weighted by molar-refractivity contribution is 5.92. The van der Waals surface area contributed by atoms with E-state index in [1.807, 2.05) is 47.7 Å². The van der Waals surface area contributed by atoms with Gasteiger partial charge in [0.25, 0.3) is 5.91 Å². The third-order valence-electron chi connectivity index (χ3n) is 6.91. The van der Waals surface area contributed by atoms with Gasteiger partial charge in [0.1, 0.15) is 11.5 Å². The second-order valence-corrected chi connectivity index (χ2v) is 9.41. The van der Waals surface area contributed by atoms with Crippen LogP contribution in [0.15, 0.2) is 30.5 Å². The number of pyridine rings is 1. The van der Waals surface area contributed by atoms with E-state index in [1.165, 1.54) is 0 Å². The number of nitriles is 1. The molecule has 0 spiro atoms. The SMILES string of the molecule is Cc1cccc(C(=O)N2CCCC[C@H]2c2cc3nc(N4C[C@@H](C#N)[C@@H](C)C4)c(C)cn3n2)n1. The molecule has 0 unspecified atom stereocenters. The van der Waals surface area contributed by atoms with Crippen molar-refractivity contribution in [2.75, 3.05) is 24.5 Å². The van der Waals surface area contributed by atoms with Gasteiger partial charge in [-0.25, -0.2) is 14.5 Å². The Morgan fingerprint density at radius 3 is 2.79 bits per heavy atom. The molecule has 1 amide bonds. The fourth-order valence-corrected chi connectivity index (χ4v) is 5.10. The molecular formula is C25H29N7O. The average Bonchev–Trinajstić information content (AvgIpc) is 3.40. The monoisotopic (exact) mass is 443 g/mol. The zero-order chi connectivity index (χ0) is 23.1. The molecule has 5 heterocycles. The third kappa shape index (κ3) is 3.92. The molecular weight excluding hydrogens is 414 g/mol. The topological polar surface area (TPSA) is 90.4 Å². The summed E-state index contributed by atoms with van der Waals surface area (Å²) < 4.78 is 1.82. The van der Waals surface area contributed by atoms with Crippen LogP contribution < -0.4 is 4.90 Å². The molecule has 0 aliphatic carbocycles. The molecule has 3 aromatic rings. The highest BCUT2D eigenvalue weighted by atomic mass is 16.2. The van der Waals surface area contributed by atoms with Crippen LogP contribution in [-0.4, -0.2) is 50.0 Å². The molecule has 170 valence electrons. The summed E-state index contributed by atoms with van der Waals surface area (Å²) in [6.45, 7) is 8.29. The van der Waals surface area contributed by atoms with Gasteiger partial charge in [-0.05, 0) is 51.2 Å². The molecule has 2 fully saturated rings. The van der Waals surface area contributed by atoms with Gasteiger partial charge in [-0.3, -0.25) is 4.79 Å². The number of aryl methyl sites for hydroxylation is 2. The van der Waals surface area contributed by atoms with Gasteiger partial charge in [-0.1, -0.05) is 13.0 Å². The predicted molar refractivity (Wildman–Crippen MR) is 125 cm³/mol.